The van der Waals surface area contributed by atoms with Gasteiger partial charge in [-0.15, -0.1) is 11.8 Å². The van der Waals surface area contributed by atoms with Crippen LogP contribution in [0, 0.1) is 5.92 Å². The standard InChI is InChI=1S/C20H23NO4S/c1-13(12-26-20(25)14-7-3-2-4-8-14)18(22)21-16-10-6-5-9-15(16)11-17(21)19(23)24/h2-10,13,17-18,20,22,25H,11-12H2,1H3,(H,23,24). The van der Waals surface area contributed by atoms with E-state index in [0.29, 0.717) is 12.2 Å². The van der Waals surface area contributed by atoms with Gasteiger partial charge in [-0.1, -0.05) is 55.5 Å². The summed E-state index contributed by atoms with van der Waals surface area (Å²) < 4.78 is 0. The Balaban J connectivity index is 1.69. The highest BCUT2D eigenvalue weighted by atomic mass is 32.2. The molecular weight excluding hydrogens is 350 g/mol. The van der Waals surface area contributed by atoms with Gasteiger partial charge in [0, 0.05) is 23.8 Å². The van der Waals surface area contributed by atoms with Crippen molar-refractivity contribution in [1.29, 1.82) is 0 Å². The molecule has 0 aliphatic carbocycles. The number of rotatable bonds is 7. The number of para-hydroxylation sites is 1. The summed E-state index contributed by atoms with van der Waals surface area (Å²) in [5.74, 6) is -0.654. The summed E-state index contributed by atoms with van der Waals surface area (Å²) in [6.07, 6.45) is -0.551. The van der Waals surface area contributed by atoms with Crippen LogP contribution in [0.3, 0.4) is 0 Å². The lowest BCUT2D eigenvalue weighted by Crippen LogP contribution is -2.48. The van der Waals surface area contributed by atoms with Crippen molar-refractivity contribution < 1.29 is 20.1 Å². The maximum absolute atomic E-state index is 11.7. The van der Waals surface area contributed by atoms with E-state index in [2.05, 4.69) is 0 Å². The number of thioether (sulfide) groups is 1. The molecule has 0 amide bonds. The molecule has 2 aromatic rings. The van der Waals surface area contributed by atoms with Crippen molar-refractivity contribution in [2.45, 2.75) is 31.1 Å². The molecule has 0 bridgehead atoms. The minimum Gasteiger partial charge on any atom is -0.480 e. The number of carbonyl (C=O) groups is 1. The van der Waals surface area contributed by atoms with Gasteiger partial charge in [-0.3, -0.25) is 0 Å². The summed E-state index contributed by atoms with van der Waals surface area (Å²) in [5, 5.41) is 30.7. The second-order valence-corrected chi connectivity index (χ2v) is 7.69. The monoisotopic (exact) mass is 373 g/mol. The second kappa shape index (κ2) is 8.12. The lowest BCUT2D eigenvalue weighted by Gasteiger charge is -2.34. The van der Waals surface area contributed by atoms with E-state index < -0.39 is 23.7 Å². The van der Waals surface area contributed by atoms with Gasteiger partial charge in [0.15, 0.2) is 0 Å². The quantitative estimate of drug-likeness (QED) is 0.648. The zero-order valence-corrected chi connectivity index (χ0v) is 15.3. The van der Waals surface area contributed by atoms with Crippen LogP contribution in [0.2, 0.25) is 0 Å². The predicted octanol–water partition coefficient (Wildman–Crippen LogP) is 2.88. The molecule has 3 N–H and O–H groups in total. The van der Waals surface area contributed by atoms with Crippen molar-refractivity contribution in [1.82, 2.24) is 0 Å². The number of nitrogens with zero attached hydrogens (tertiary/aromatic N) is 1. The summed E-state index contributed by atoms with van der Waals surface area (Å²) in [6.45, 7) is 1.87. The van der Waals surface area contributed by atoms with Crippen LogP contribution in [0.25, 0.3) is 0 Å². The lowest BCUT2D eigenvalue weighted by molar-refractivity contribution is -0.139. The molecule has 0 saturated heterocycles. The number of aliphatic hydroxyl groups excluding tert-OH is 2. The van der Waals surface area contributed by atoms with Gasteiger partial charge in [-0.05, 0) is 17.2 Å². The highest BCUT2D eigenvalue weighted by Gasteiger charge is 2.39. The Bertz CT molecular complexity index is 754. The van der Waals surface area contributed by atoms with Crippen molar-refractivity contribution in [2.75, 3.05) is 10.7 Å². The molecule has 2 aromatic carbocycles. The topological polar surface area (TPSA) is 81.0 Å². The van der Waals surface area contributed by atoms with Crippen molar-refractivity contribution in [3.63, 3.8) is 0 Å². The molecule has 4 atom stereocenters. The van der Waals surface area contributed by atoms with E-state index in [1.807, 2.05) is 61.5 Å². The van der Waals surface area contributed by atoms with Crippen LogP contribution in [-0.4, -0.2) is 39.3 Å². The lowest BCUT2D eigenvalue weighted by atomic mass is 10.1. The molecular formula is C20H23NO4S. The number of hydrogen-bond acceptors (Lipinski definition) is 5. The van der Waals surface area contributed by atoms with Crippen LogP contribution in [0.1, 0.15) is 23.5 Å². The zero-order valence-electron chi connectivity index (χ0n) is 14.5. The highest BCUT2D eigenvalue weighted by Crippen LogP contribution is 2.36. The number of carboxylic acids is 1. The van der Waals surface area contributed by atoms with E-state index >= 15 is 0 Å². The molecule has 0 radical (unpaired) electrons. The molecule has 4 unspecified atom stereocenters. The summed E-state index contributed by atoms with van der Waals surface area (Å²) >= 11 is 1.34. The van der Waals surface area contributed by atoms with Gasteiger partial charge in [0.25, 0.3) is 0 Å². The molecule has 6 heteroatoms. The number of carboxylic acid groups (broad SMARTS) is 1. The van der Waals surface area contributed by atoms with Gasteiger partial charge >= 0.3 is 5.97 Å². The van der Waals surface area contributed by atoms with Crippen LogP contribution in [0.5, 0.6) is 0 Å². The van der Waals surface area contributed by atoms with E-state index in [9.17, 15) is 20.1 Å². The van der Waals surface area contributed by atoms with E-state index in [-0.39, 0.29) is 5.92 Å². The SMILES string of the molecule is CC(CSC(O)c1ccccc1)C(O)N1c2ccccc2CC1C(=O)O. The molecule has 0 spiro atoms. The average Bonchev–Trinajstić information content (AvgIpc) is 3.05. The van der Waals surface area contributed by atoms with Crippen molar-refractivity contribution in [2.24, 2.45) is 5.92 Å². The van der Waals surface area contributed by atoms with Gasteiger partial charge in [-0.2, -0.15) is 0 Å². The van der Waals surface area contributed by atoms with Gasteiger partial charge in [0.05, 0.1) is 0 Å². The van der Waals surface area contributed by atoms with Crippen LogP contribution in [0.15, 0.2) is 54.6 Å². The fourth-order valence-electron chi connectivity index (χ4n) is 3.26. The van der Waals surface area contributed by atoms with Gasteiger partial charge in [0.2, 0.25) is 0 Å². The third-order valence-corrected chi connectivity index (χ3v) is 6.01. The first-order chi connectivity index (χ1) is 12.5. The molecule has 3 rings (SSSR count). The molecule has 0 saturated carbocycles. The van der Waals surface area contributed by atoms with Gasteiger partial charge in [0.1, 0.15) is 17.7 Å². The highest BCUT2D eigenvalue weighted by molar-refractivity contribution is 7.99. The van der Waals surface area contributed by atoms with E-state index in [0.717, 1.165) is 16.8 Å². The molecule has 1 aliphatic rings. The fraction of sp³-hybridized carbons (Fsp3) is 0.350. The molecule has 0 aromatic heterocycles. The first kappa shape index (κ1) is 18.8. The largest absolute Gasteiger partial charge is 0.480 e. The first-order valence-corrected chi connectivity index (χ1v) is 9.65. The van der Waals surface area contributed by atoms with Crippen LogP contribution in [0.4, 0.5) is 5.69 Å². The van der Waals surface area contributed by atoms with E-state index in [1.165, 1.54) is 11.8 Å². The van der Waals surface area contributed by atoms with Gasteiger partial charge in [-0.25, -0.2) is 4.79 Å². The Hall–Kier alpha value is -2.02. The Morgan fingerprint density at radius 1 is 1.15 bits per heavy atom. The predicted molar refractivity (Wildman–Crippen MR) is 103 cm³/mol. The minimum absolute atomic E-state index is 0.216. The smallest absolute Gasteiger partial charge is 0.326 e. The Kier molecular flexibility index (Phi) is 5.86. The van der Waals surface area contributed by atoms with E-state index in [4.69, 9.17) is 0 Å². The van der Waals surface area contributed by atoms with Crippen molar-refractivity contribution >= 4 is 23.4 Å². The molecule has 1 heterocycles. The number of hydrogen-bond donors (Lipinski definition) is 3. The third-order valence-electron chi connectivity index (χ3n) is 4.70. The maximum atomic E-state index is 11.7. The average molecular weight is 373 g/mol. The molecule has 5 nitrogen and oxygen atoms in total. The first-order valence-electron chi connectivity index (χ1n) is 8.60. The number of aliphatic carboxylic acids is 1. The fourth-order valence-corrected chi connectivity index (χ4v) is 4.27. The number of anilines is 1. The summed E-state index contributed by atoms with van der Waals surface area (Å²) in [4.78, 5) is 13.3. The van der Waals surface area contributed by atoms with E-state index in [1.54, 1.807) is 4.90 Å². The van der Waals surface area contributed by atoms with Crippen LogP contribution < -0.4 is 4.90 Å². The Labute approximate surface area is 157 Å². The number of fused-ring (bicyclic) bond motifs is 1. The normalized spacial score (nSPS) is 19.7. The molecule has 0 fully saturated rings. The number of benzene rings is 2. The third kappa shape index (κ3) is 3.87. The Morgan fingerprint density at radius 3 is 2.50 bits per heavy atom. The summed E-state index contributed by atoms with van der Waals surface area (Å²) in [7, 11) is 0. The van der Waals surface area contributed by atoms with Crippen molar-refractivity contribution in [3.8, 4) is 0 Å². The second-order valence-electron chi connectivity index (χ2n) is 6.58. The molecule has 1 aliphatic heterocycles. The van der Waals surface area contributed by atoms with Gasteiger partial charge < -0.3 is 20.2 Å². The minimum atomic E-state index is -0.940. The Morgan fingerprint density at radius 2 is 1.81 bits per heavy atom. The summed E-state index contributed by atoms with van der Waals surface area (Å²) in [5.41, 5.74) is 1.84. The maximum Gasteiger partial charge on any atom is 0.326 e. The molecule has 26 heavy (non-hydrogen) atoms. The summed E-state index contributed by atoms with van der Waals surface area (Å²) in [6, 6.07) is 16.1. The van der Waals surface area contributed by atoms with Crippen LogP contribution >= 0.6 is 11.8 Å². The zero-order chi connectivity index (χ0) is 18.7. The van der Waals surface area contributed by atoms with Crippen LogP contribution in [-0.2, 0) is 11.2 Å². The molecule has 138 valence electrons. The van der Waals surface area contributed by atoms with Crippen molar-refractivity contribution in [3.05, 3.63) is 65.7 Å². The number of aliphatic hydroxyl groups is 2.